The van der Waals surface area contributed by atoms with E-state index in [1.165, 1.54) is 0 Å². The Labute approximate surface area is 86.5 Å². The monoisotopic (exact) mass is 196 g/mol. The molecule has 0 saturated heterocycles. The maximum atomic E-state index is 11.6. The number of carbonyl (C=O) groups is 1. The molecular formula is C12H8N2O. The molecule has 0 unspecified atom stereocenters. The lowest BCUT2D eigenvalue weighted by molar-refractivity contribution is 0.100. The van der Waals surface area contributed by atoms with Gasteiger partial charge in [-0.15, -0.1) is 0 Å². The molecule has 1 aliphatic rings. The van der Waals surface area contributed by atoms with Gasteiger partial charge >= 0.3 is 0 Å². The molecule has 15 heavy (non-hydrogen) atoms. The van der Waals surface area contributed by atoms with Crippen molar-refractivity contribution in [2.45, 2.75) is 6.42 Å². The third kappa shape index (κ3) is 1.16. The number of rotatable bonds is 0. The Balaban J connectivity index is 2.44. The minimum Gasteiger partial charge on any atom is -0.294 e. The Morgan fingerprint density at radius 1 is 1.20 bits per heavy atom. The molecule has 2 aromatic rings. The molecule has 0 amide bonds. The van der Waals surface area contributed by atoms with Crippen molar-refractivity contribution in [3.63, 3.8) is 0 Å². The highest BCUT2D eigenvalue weighted by atomic mass is 16.1. The lowest BCUT2D eigenvalue weighted by atomic mass is 10.0. The minimum absolute atomic E-state index is 0.118. The first-order valence-corrected chi connectivity index (χ1v) is 4.80. The molecule has 0 aliphatic carbocycles. The number of hydrogen-bond donors (Lipinski definition) is 0. The Morgan fingerprint density at radius 2 is 2.13 bits per heavy atom. The van der Waals surface area contributed by atoms with Crippen LogP contribution in [-0.4, -0.2) is 17.0 Å². The molecule has 1 aromatic carbocycles. The van der Waals surface area contributed by atoms with Crippen molar-refractivity contribution in [2.24, 2.45) is 4.99 Å². The average Bonchev–Trinajstić information content (AvgIpc) is 2.29. The molecule has 72 valence electrons. The lowest BCUT2D eigenvalue weighted by Crippen LogP contribution is -2.04. The Hall–Kier alpha value is -2.03. The molecule has 0 spiro atoms. The fourth-order valence-corrected chi connectivity index (χ4v) is 1.82. The smallest absolute Gasteiger partial charge is 0.170 e. The van der Waals surface area contributed by atoms with Crippen LogP contribution in [0.15, 0.2) is 35.5 Å². The third-order valence-electron chi connectivity index (χ3n) is 2.55. The summed E-state index contributed by atoms with van der Waals surface area (Å²) in [6.07, 6.45) is 3.77. The standard InChI is InChI=1S/C12H8N2O/c15-10-5-7-14-12-9(10)4-3-8-2-1-6-13-11(8)12/h1-4,6-7H,5H2. The second-order valence-electron chi connectivity index (χ2n) is 3.48. The number of nitrogens with zero attached hydrogens (tertiary/aromatic N) is 2. The molecule has 0 bridgehead atoms. The summed E-state index contributed by atoms with van der Waals surface area (Å²) >= 11 is 0. The number of hydrogen-bond acceptors (Lipinski definition) is 3. The van der Waals surface area contributed by atoms with E-state index in [4.69, 9.17) is 0 Å². The Morgan fingerprint density at radius 3 is 3.07 bits per heavy atom. The van der Waals surface area contributed by atoms with E-state index >= 15 is 0 Å². The van der Waals surface area contributed by atoms with Gasteiger partial charge in [-0.1, -0.05) is 12.1 Å². The first-order valence-electron chi connectivity index (χ1n) is 4.80. The van der Waals surface area contributed by atoms with Gasteiger partial charge in [0.1, 0.15) is 0 Å². The van der Waals surface area contributed by atoms with Gasteiger partial charge in [-0.25, -0.2) is 0 Å². The summed E-state index contributed by atoms with van der Waals surface area (Å²) in [4.78, 5) is 20.1. The summed E-state index contributed by atoms with van der Waals surface area (Å²) in [6.45, 7) is 0. The van der Waals surface area contributed by atoms with Gasteiger partial charge in [0.05, 0.1) is 11.2 Å². The van der Waals surface area contributed by atoms with Crippen LogP contribution in [0.5, 0.6) is 0 Å². The van der Waals surface area contributed by atoms with Crippen LogP contribution in [0.25, 0.3) is 10.9 Å². The molecule has 0 atom stereocenters. The second kappa shape index (κ2) is 2.98. The number of benzene rings is 1. The number of pyridine rings is 1. The van der Waals surface area contributed by atoms with Crippen molar-refractivity contribution in [3.8, 4) is 0 Å². The Bertz CT molecular complexity index is 587. The number of Topliss-reactive ketones (excluding diaryl/α,β-unsaturated/α-hetero) is 1. The predicted molar refractivity (Wildman–Crippen MR) is 58.8 cm³/mol. The molecule has 1 aromatic heterocycles. The first-order chi connectivity index (χ1) is 7.36. The number of carbonyl (C=O) groups excluding carboxylic acids is 1. The zero-order chi connectivity index (χ0) is 10.3. The SMILES string of the molecule is O=C1CC=Nc2c1ccc1cccnc21. The van der Waals surface area contributed by atoms with Gasteiger partial charge in [0.25, 0.3) is 0 Å². The molecule has 3 heteroatoms. The van der Waals surface area contributed by atoms with Crippen molar-refractivity contribution < 1.29 is 4.79 Å². The van der Waals surface area contributed by atoms with Crippen LogP contribution in [0.1, 0.15) is 16.8 Å². The number of fused-ring (bicyclic) bond motifs is 3. The predicted octanol–water partition coefficient (Wildman–Crippen LogP) is 2.52. The van der Waals surface area contributed by atoms with E-state index in [0.29, 0.717) is 17.7 Å². The molecule has 1 aliphatic heterocycles. The maximum absolute atomic E-state index is 11.6. The van der Waals surface area contributed by atoms with Gasteiger partial charge in [-0.2, -0.15) is 0 Å². The van der Waals surface area contributed by atoms with Gasteiger partial charge in [0, 0.05) is 29.8 Å². The van der Waals surface area contributed by atoms with E-state index < -0.39 is 0 Å². The Kier molecular flexibility index (Phi) is 1.65. The van der Waals surface area contributed by atoms with Gasteiger partial charge in [-0.3, -0.25) is 14.8 Å². The fourth-order valence-electron chi connectivity index (χ4n) is 1.82. The van der Waals surface area contributed by atoms with Gasteiger partial charge < -0.3 is 0 Å². The molecule has 0 saturated carbocycles. The molecule has 3 rings (SSSR count). The van der Waals surface area contributed by atoms with Crippen molar-refractivity contribution in [3.05, 3.63) is 36.0 Å². The largest absolute Gasteiger partial charge is 0.294 e. The zero-order valence-electron chi connectivity index (χ0n) is 7.97. The molecule has 0 N–H and O–H groups in total. The lowest BCUT2D eigenvalue weighted by Gasteiger charge is -2.10. The molecule has 3 nitrogen and oxygen atoms in total. The van der Waals surface area contributed by atoms with E-state index in [2.05, 4.69) is 9.98 Å². The summed E-state index contributed by atoms with van der Waals surface area (Å²) in [6, 6.07) is 7.60. The van der Waals surface area contributed by atoms with Crippen LogP contribution < -0.4 is 0 Å². The van der Waals surface area contributed by atoms with Crippen molar-refractivity contribution in [2.75, 3.05) is 0 Å². The highest BCUT2D eigenvalue weighted by molar-refractivity contribution is 6.14. The van der Waals surface area contributed by atoms with Crippen molar-refractivity contribution in [1.29, 1.82) is 0 Å². The highest BCUT2D eigenvalue weighted by Crippen LogP contribution is 2.31. The van der Waals surface area contributed by atoms with Gasteiger partial charge in [0.2, 0.25) is 0 Å². The molecular weight excluding hydrogens is 188 g/mol. The van der Waals surface area contributed by atoms with Gasteiger partial charge in [0.15, 0.2) is 5.78 Å². The van der Waals surface area contributed by atoms with Crippen LogP contribution in [0.2, 0.25) is 0 Å². The zero-order valence-corrected chi connectivity index (χ0v) is 7.97. The topological polar surface area (TPSA) is 42.3 Å². The highest BCUT2D eigenvalue weighted by Gasteiger charge is 2.16. The van der Waals surface area contributed by atoms with E-state index in [-0.39, 0.29) is 5.78 Å². The van der Waals surface area contributed by atoms with Crippen molar-refractivity contribution >= 4 is 28.6 Å². The van der Waals surface area contributed by atoms with Gasteiger partial charge in [-0.05, 0) is 12.1 Å². The van der Waals surface area contributed by atoms with E-state index in [9.17, 15) is 4.79 Å². The maximum Gasteiger partial charge on any atom is 0.170 e. The van der Waals surface area contributed by atoms with Crippen LogP contribution in [0.4, 0.5) is 5.69 Å². The summed E-state index contributed by atoms with van der Waals surface area (Å²) in [7, 11) is 0. The van der Waals surface area contributed by atoms with Crippen LogP contribution in [0.3, 0.4) is 0 Å². The molecule has 2 heterocycles. The average molecular weight is 196 g/mol. The van der Waals surface area contributed by atoms with Crippen molar-refractivity contribution in [1.82, 2.24) is 4.98 Å². The number of aromatic nitrogens is 1. The van der Waals surface area contributed by atoms with Crippen LogP contribution in [-0.2, 0) is 0 Å². The quantitative estimate of drug-likeness (QED) is 0.649. The molecule has 0 radical (unpaired) electrons. The van der Waals surface area contributed by atoms with Crippen LogP contribution >= 0.6 is 0 Å². The summed E-state index contributed by atoms with van der Waals surface area (Å²) in [5.74, 6) is 0.118. The summed E-state index contributed by atoms with van der Waals surface area (Å²) < 4.78 is 0. The second-order valence-corrected chi connectivity index (χ2v) is 3.48. The van der Waals surface area contributed by atoms with E-state index in [1.54, 1.807) is 12.4 Å². The molecule has 0 fully saturated rings. The van der Waals surface area contributed by atoms with E-state index in [1.807, 2.05) is 24.3 Å². The number of aliphatic imine (C=N–C) groups is 1. The first kappa shape index (κ1) is 8.29. The summed E-state index contributed by atoms with van der Waals surface area (Å²) in [5.41, 5.74) is 2.20. The minimum atomic E-state index is 0.118. The van der Waals surface area contributed by atoms with E-state index in [0.717, 1.165) is 10.9 Å². The normalized spacial score (nSPS) is 14.3. The van der Waals surface area contributed by atoms with Crippen LogP contribution in [0, 0.1) is 0 Å². The summed E-state index contributed by atoms with van der Waals surface area (Å²) in [5, 5.41) is 1.02. The number of ketones is 1. The third-order valence-corrected chi connectivity index (χ3v) is 2.55. The fraction of sp³-hybridized carbons (Fsp3) is 0.0833.